The predicted molar refractivity (Wildman–Crippen MR) is 134 cm³/mol. The second kappa shape index (κ2) is 11.4. The fraction of sp³-hybridized carbons (Fsp3) is 0.320. The van der Waals surface area contributed by atoms with Gasteiger partial charge in [-0.2, -0.15) is 0 Å². The zero-order chi connectivity index (χ0) is 28.2. The molecule has 1 aromatic carbocycles. The van der Waals surface area contributed by atoms with Gasteiger partial charge in [0.15, 0.2) is 6.10 Å². The van der Waals surface area contributed by atoms with Crippen molar-refractivity contribution in [2.24, 2.45) is 10.9 Å². The van der Waals surface area contributed by atoms with Crippen LogP contribution in [0.2, 0.25) is 0 Å². The van der Waals surface area contributed by atoms with E-state index in [2.05, 4.69) is 20.5 Å². The maximum atomic E-state index is 15.1. The summed E-state index contributed by atoms with van der Waals surface area (Å²) >= 11 is 0. The minimum absolute atomic E-state index is 0.125. The van der Waals surface area contributed by atoms with Crippen molar-refractivity contribution in [3.8, 4) is 11.1 Å². The van der Waals surface area contributed by atoms with E-state index in [4.69, 9.17) is 25.2 Å². The number of nitrogens with zero attached hydrogens (tertiary/aromatic N) is 6. The van der Waals surface area contributed by atoms with Crippen LogP contribution < -0.4 is 10.6 Å². The van der Waals surface area contributed by atoms with Crippen molar-refractivity contribution in [3.63, 3.8) is 0 Å². The van der Waals surface area contributed by atoms with Gasteiger partial charge in [0.1, 0.15) is 30.3 Å². The summed E-state index contributed by atoms with van der Waals surface area (Å²) in [6, 6.07) is 6.48. The Morgan fingerprint density at radius 3 is 2.80 bits per heavy atom. The van der Waals surface area contributed by atoms with Gasteiger partial charge in [0.2, 0.25) is 0 Å². The molecule has 0 saturated carbocycles. The first-order valence-corrected chi connectivity index (χ1v) is 12.2. The lowest BCUT2D eigenvalue weighted by Gasteiger charge is -2.14. The van der Waals surface area contributed by atoms with Crippen LogP contribution in [0.25, 0.3) is 11.1 Å². The van der Waals surface area contributed by atoms with E-state index < -0.39 is 48.5 Å². The summed E-state index contributed by atoms with van der Waals surface area (Å²) in [5, 5.41) is 20.3. The number of cyclic esters (lactones) is 1. The molecule has 1 fully saturated rings. The second-order valence-corrected chi connectivity index (χ2v) is 9.14. The third kappa shape index (κ3) is 6.04. The van der Waals surface area contributed by atoms with E-state index >= 15 is 4.39 Å². The molecular formula is C25H24FN7O7. The normalized spacial score (nSPS) is 19.1. The van der Waals surface area contributed by atoms with Gasteiger partial charge < -0.3 is 25.2 Å². The van der Waals surface area contributed by atoms with Crippen LogP contribution in [0, 0.1) is 5.82 Å². The van der Waals surface area contributed by atoms with E-state index in [1.165, 1.54) is 23.4 Å². The number of anilines is 1. The maximum Gasteiger partial charge on any atom is 0.414 e. The number of carboxylic acids is 1. The summed E-state index contributed by atoms with van der Waals surface area (Å²) in [5.41, 5.74) is 7.51. The number of carbonyl (C=O) groups is 3. The third-order valence-electron chi connectivity index (χ3n) is 6.24. The molecule has 3 aromatic rings. The Labute approximate surface area is 226 Å². The molecule has 3 N–H and O–H groups in total. The molecule has 2 aromatic heterocycles. The standard InChI is InChI=1S/C25H24FN7O7/c26-19-7-15(33-12-17(39-25(33)37)11-32-6-5-29-31-32)2-3-18(19)14-1-4-21(28-10-14)22-8-16(40-30-22)13-38-23(34)9-20(27)24(35)36/h1-7,10,16-17,20H,8-9,11-13,27H2,(H,35,36)/t16-,17-,20-/m0/s1. The van der Waals surface area contributed by atoms with Crippen LogP contribution >= 0.6 is 0 Å². The summed E-state index contributed by atoms with van der Waals surface area (Å²) in [6.07, 6.45) is 2.96. The van der Waals surface area contributed by atoms with Crippen molar-refractivity contribution < 1.29 is 38.2 Å². The Hall–Kier alpha value is -4.92. The van der Waals surface area contributed by atoms with Gasteiger partial charge in [-0.3, -0.25) is 19.5 Å². The maximum absolute atomic E-state index is 15.1. The number of aromatic nitrogens is 4. The molecule has 14 nitrogen and oxygen atoms in total. The van der Waals surface area contributed by atoms with Gasteiger partial charge in [0.05, 0.1) is 37.1 Å². The minimum atomic E-state index is -1.34. The van der Waals surface area contributed by atoms with Crippen molar-refractivity contribution in [2.75, 3.05) is 18.1 Å². The first-order chi connectivity index (χ1) is 19.3. The van der Waals surface area contributed by atoms with Gasteiger partial charge in [0, 0.05) is 29.9 Å². The largest absolute Gasteiger partial charge is 0.480 e. The Kier molecular flexibility index (Phi) is 7.63. The third-order valence-corrected chi connectivity index (χ3v) is 6.24. The molecule has 3 atom stereocenters. The molecule has 0 spiro atoms. The summed E-state index contributed by atoms with van der Waals surface area (Å²) < 4.78 is 27.0. The number of esters is 1. The number of carboxylic acid groups (broad SMARTS) is 1. The number of ether oxygens (including phenoxy) is 2. The topological polar surface area (TPSA) is 184 Å². The van der Waals surface area contributed by atoms with E-state index in [1.54, 1.807) is 35.1 Å². The molecule has 2 aliphatic rings. The minimum Gasteiger partial charge on any atom is -0.480 e. The van der Waals surface area contributed by atoms with Crippen molar-refractivity contribution in [1.82, 2.24) is 20.0 Å². The number of nitrogens with two attached hydrogens (primary N) is 1. The molecule has 0 unspecified atom stereocenters. The van der Waals surface area contributed by atoms with E-state index in [0.29, 0.717) is 41.2 Å². The quantitative estimate of drug-likeness (QED) is 0.345. The average molecular weight is 554 g/mol. The summed E-state index contributed by atoms with van der Waals surface area (Å²) in [7, 11) is 0. The fourth-order valence-electron chi connectivity index (χ4n) is 4.18. The number of hydrogen-bond donors (Lipinski definition) is 2. The van der Waals surface area contributed by atoms with E-state index in [9.17, 15) is 14.4 Å². The van der Waals surface area contributed by atoms with Crippen LogP contribution in [-0.2, 0) is 30.4 Å². The van der Waals surface area contributed by atoms with Crippen LogP contribution in [-0.4, -0.2) is 80.2 Å². The summed E-state index contributed by atoms with van der Waals surface area (Å²) in [6.45, 7) is 0.456. The number of hydrogen-bond acceptors (Lipinski definition) is 11. The first-order valence-electron chi connectivity index (χ1n) is 12.2. The molecule has 4 heterocycles. The lowest BCUT2D eigenvalue weighted by Crippen LogP contribution is -2.33. The molecule has 0 aliphatic carbocycles. The monoisotopic (exact) mass is 553 g/mol. The van der Waals surface area contributed by atoms with Crippen molar-refractivity contribution in [3.05, 3.63) is 60.4 Å². The van der Waals surface area contributed by atoms with E-state index in [1.807, 2.05) is 0 Å². The second-order valence-electron chi connectivity index (χ2n) is 9.14. The summed E-state index contributed by atoms with van der Waals surface area (Å²) in [5.74, 6) is -2.59. The van der Waals surface area contributed by atoms with Crippen molar-refractivity contribution in [1.29, 1.82) is 0 Å². The highest BCUT2D eigenvalue weighted by Crippen LogP contribution is 2.29. The van der Waals surface area contributed by atoms with Gasteiger partial charge in [-0.1, -0.05) is 16.4 Å². The molecule has 1 amide bonds. The van der Waals surface area contributed by atoms with E-state index in [-0.39, 0.29) is 13.2 Å². The fourth-order valence-corrected chi connectivity index (χ4v) is 4.18. The first kappa shape index (κ1) is 26.7. The Bertz CT molecular complexity index is 1430. The molecular weight excluding hydrogens is 529 g/mol. The number of rotatable bonds is 10. The van der Waals surface area contributed by atoms with Crippen LogP contribution in [0.4, 0.5) is 14.9 Å². The number of benzene rings is 1. The van der Waals surface area contributed by atoms with Gasteiger partial charge in [-0.25, -0.2) is 13.9 Å². The van der Waals surface area contributed by atoms with Gasteiger partial charge in [-0.15, -0.1) is 5.10 Å². The van der Waals surface area contributed by atoms with Gasteiger partial charge >= 0.3 is 18.0 Å². The average Bonchev–Trinajstić information content (AvgIpc) is 3.70. The molecule has 208 valence electrons. The Balaban J connectivity index is 1.16. The van der Waals surface area contributed by atoms with Crippen molar-refractivity contribution in [2.45, 2.75) is 37.6 Å². The lowest BCUT2D eigenvalue weighted by atomic mass is 10.0. The number of carbonyl (C=O) groups excluding carboxylic acids is 2. The lowest BCUT2D eigenvalue weighted by molar-refractivity contribution is -0.151. The predicted octanol–water partition coefficient (Wildman–Crippen LogP) is 1.34. The number of aliphatic carboxylic acids is 1. The van der Waals surface area contributed by atoms with Crippen LogP contribution in [0.1, 0.15) is 18.5 Å². The molecule has 1 saturated heterocycles. The number of pyridine rings is 1. The van der Waals surface area contributed by atoms with Crippen LogP contribution in [0.5, 0.6) is 0 Å². The molecule has 40 heavy (non-hydrogen) atoms. The summed E-state index contributed by atoms with van der Waals surface area (Å²) in [4.78, 5) is 45.8. The number of amides is 1. The SMILES string of the molecule is N[C@@H](CC(=O)OC[C@@H]1CC(c2ccc(-c3ccc(N4C[C@H](Cn5ccnn5)OC4=O)cc3F)cn2)=NO1)C(=O)O. The molecule has 2 aliphatic heterocycles. The molecule has 0 bridgehead atoms. The zero-order valence-corrected chi connectivity index (χ0v) is 20.9. The van der Waals surface area contributed by atoms with Crippen LogP contribution in [0.15, 0.2) is 54.1 Å². The number of halogens is 1. The van der Waals surface area contributed by atoms with Crippen LogP contribution in [0.3, 0.4) is 0 Å². The number of oxime groups is 1. The molecule has 15 heteroatoms. The zero-order valence-electron chi connectivity index (χ0n) is 20.9. The van der Waals surface area contributed by atoms with Crippen molar-refractivity contribution >= 4 is 29.4 Å². The molecule has 0 radical (unpaired) electrons. The molecule has 5 rings (SSSR count). The van der Waals surface area contributed by atoms with Gasteiger partial charge in [0.25, 0.3) is 0 Å². The highest BCUT2D eigenvalue weighted by molar-refractivity contribution is 5.99. The smallest absolute Gasteiger partial charge is 0.414 e. The Morgan fingerprint density at radius 1 is 1.25 bits per heavy atom. The Morgan fingerprint density at radius 2 is 2.10 bits per heavy atom. The highest BCUT2D eigenvalue weighted by atomic mass is 19.1. The van der Waals surface area contributed by atoms with E-state index in [0.717, 1.165) is 0 Å². The van der Waals surface area contributed by atoms with Gasteiger partial charge in [-0.05, 0) is 24.3 Å². The highest BCUT2D eigenvalue weighted by Gasteiger charge is 2.33.